The number of thiophene rings is 1. The van der Waals surface area contributed by atoms with E-state index in [1.165, 1.54) is 30.2 Å². The molecule has 2 unspecified atom stereocenters. The molecule has 1 heterocycles. The molecule has 0 saturated carbocycles. The van der Waals surface area contributed by atoms with Gasteiger partial charge in [-0.3, -0.25) is 14.4 Å². The smallest absolute Gasteiger partial charge is 0.341 e. The molecule has 0 spiro atoms. The number of hydrogen-bond acceptors (Lipinski definition) is 7. The van der Waals surface area contributed by atoms with E-state index in [0.717, 1.165) is 45.7 Å². The number of hydrogen-bond donors (Lipinski definition) is 3. The monoisotopic (exact) mass is 681 g/mol. The van der Waals surface area contributed by atoms with E-state index in [-0.39, 0.29) is 11.6 Å². The summed E-state index contributed by atoms with van der Waals surface area (Å²) >= 11 is 2.84. The van der Waals surface area contributed by atoms with Crippen LogP contribution >= 0.6 is 23.1 Å². The third kappa shape index (κ3) is 8.62. The highest BCUT2D eigenvalue weighted by Gasteiger charge is 2.30. The Morgan fingerprint density at radius 3 is 2.50 bits per heavy atom. The minimum Gasteiger partial charge on any atom is -0.465 e. The molecular weight excluding hydrogens is 643 g/mol. The zero-order valence-corrected chi connectivity index (χ0v) is 29.1. The Bertz CT molecular complexity index is 1850. The number of carbonyl (C=O) groups is 4. The summed E-state index contributed by atoms with van der Waals surface area (Å²) in [4.78, 5) is 54.8. The topological polar surface area (TPSA) is 114 Å². The predicted octanol–water partition coefficient (Wildman–Crippen LogP) is 7.89. The van der Waals surface area contributed by atoms with E-state index in [4.69, 9.17) is 4.74 Å². The van der Waals surface area contributed by atoms with E-state index in [9.17, 15) is 19.2 Å². The molecule has 8 nitrogen and oxygen atoms in total. The van der Waals surface area contributed by atoms with Crippen LogP contribution in [0.4, 0.5) is 10.7 Å². The van der Waals surface area contributed by atoms with Crippen molar-refractivity contribution in [3.05, 3.63) is 117 Å². The number of amides is 3. The number of ether oxygens (including phenoxy) is 1. The maximum Gasteiger partial charge on any atom is 0.341 e. The Kier molecular flexibility index (Phi) is 11.5. The molecule has 0 bridgehead atoms. The van der Waals surface area contributed by atoms with E-state index in [1.54, 1.807) is 48.5 Å². The van der Waals surface area contributed by atoms with Gasteiger partial charge < -0.3 is 20.7 Å². The van der Waals surface area contributed by atoms with Crippen molar-refractivity contribution < 1.29 is 23.9 Å². The summed E-state index contributed by atoms with van der Waals surface area (Å²) in [6.07, 6.45) is 4.84. The molecule has 3 N–H and O–H groups in total. The number of nitrogens with one attached hydrogen (secondary N) is 3. The number of aryl methyl sites for hydroxylation is 1. The van der Waals surface area contributed by atoms with Crippen LogP contribution in [-0.4, -0.2) is 36.1 Å². The second-order valence-corrected chi connectivity index (χ2v) is 14.2. The molecule has 0 radical (unpaired) electrons. The van der Waals surface area contributed by atoms with Crippen molar-refractivity contribution in [2.24, 2.45) is 5.92 Å². The van der Waals surface area contributed by atoms with E-state index < -0.39 is 23.0 Å². The molecule has 0 fully saturated rings. The Morgan fingerprint density at radius 1 is 1.00 bits per heavy atom. The first kappa shape index (κ1) is 34.7. The van der Waals surface area contributed by atoms with Gasteiger partial charge in [-0.05, 0) is 86.1 Å². The maximum absolute atomic E-state index is 13.6. The fourth-order valence-electron chi connectivity index (χ4n) is 5.55. The van der Waals surface area contributed by atoms with Crippen LogP contribution < -0.4 is 16.0 Å². The highest BCUT2D eigenvalue weighted by molar-refractivity contribution is 8.00. The van der Waals surface area contributed by atoms with E-state index in [2.05, 4.69) is 22.9 Å². The molecule has 3 amide bonds. The molecule has 4 aromatic rings. The fourth-order valence-corrected chi connectivity index (χ4v) is 7.97. The SMILES string of the molecule is CCC(Sc1cccc(NC(=O)/C(=C\c2cccc(C)c2)NC(=O)c2ccccc2)c1)C(=O)Nc1sc2c(c1C(=O)OC)CCC(C)C2. The summed E-state index contributed by atoms with van der Waals surface area (Å²) in [5.74, 6) is -1.01. The van der Waals surface area contributed by atoms with Crippen molar-refractivity contribution in [1.29, 1.82) is 0 Å². The number of benzene rings is 3. The Morgan fingerprint density at radius 2 is 1.77 bits per heavy atom. The molecule has 0 saturated heterocycles. The van der Waals surface area contributed by atoms with Gasteiger partial charge in [0, 0.05) is 21.0 Å². The molecule has 1 aliphatic carbocycles. The largest absolute Gasteiger partial charge is 0.465 e. The lowest BCUT2D eigenvalue weighted by Gasteiger charge is -2.18. The van der Waals surface area contributed by atoms with Gasteiger partial charge in [0.25, 0.3) is 11.8 Å². The van der Waals surface area contributed by atoms with Crippen molar-refractivity contribution in [2.45, 2.75) is 56.6 Å². The highest BCUT2D eigenvalue weighted by atomic mass is 32.2. The maximum atomic E-state index is 13.6. The zero-order chi connectivity index (χ0) is 34.2. The average molecular weight is 682 g/mol. The summed E-state index contributed by atoms with van der Waals surface area (Å²) < 4.78 is 5.09. The second kappa shape index (κ2) is 16.0. The molecule has 10 heteroatoms. The third-order valence-corrected chi connectivity index (χ3v) is 10.6. The van der Waals surface area contributed by atoms with Crippen LogP contribution in [0.5, 0.6) is 0 Å². The van der Waals surface area contributed by atoms with Gasteiger partial charge in [0.05, 0.1) is 17.9 Å². The van der Waals surface area contributed by atoms with Crippen molar-refractivity contribution in [3.8, 4) is 0 Å². The lowest BCUT2D eigenvalue weighted by molar-refractivity contribution is -0.116. The van der Waals surface area contributed by atoms with Crippen LogP contribution in [-0.2, 0) is 27.2 Å². The summed E-state index contributed by atoms with van der Waals surface area (Å²) in [5.41, 5.74) is 4.28. The van der Waals surface area contributed by atoms with Crippen molar-refractivity contribution >= 4 is 63.6 Å². The van der Waals surface area contributed by atoms with Crippen LogP contribution in [0, 0.1) is 12.8 Å². The van der Waals surface area contributed by atoms with Crippen molar-refractivity contribution in [1.82, 2.24) is 5.32 Å². The fraction of sp³-hybridized carbons (Fsp3) is 0.263. The van der Waals surface area contributed by atoms with Gasteiger partial charge in [0.1, 0.15) is 10.7 Å². The quantitative estimate of drug-likeness (QED) is 0.0843. The van der Waals surface area contributed by atoms with Crippen molar-refractivity contribution in [2.75, 3.05) is 17.7 Å². The molecule has 1 aliphatic rings. The Hall–Kier alpha value is -4.67. The van der Waals surface area contributed by atoms with Crippen LogP contribution in [0.3, 0.4) is 0 Å². The summed E-state index contributed by atoms with van der Waals surface area (Å²) in [6.45, 7) is 6.09. The molecular formula is C38H39N3O5S2. The number of methoxy groups -OCH3 is 1. The number of thioether (sulfide) groups is 1. The number of anilines is 2. The first-order valence-electron chi connectivity index (χ1n) is 15.9. The van der Waals surface area contributed by atoms with Crippen molar-refractivity contribution in [3.63, 3.8) is 0 Å². The molecule has 0 aliphatic heterocycles. The van der Waals surface area contributed by atoms with Gasteiger partial charge in [0.2, 0.25) is 5.91 Å². The standard InChI is InChI=1S/C38H39N3O5S2/c1-5-31(36(44)41-37-33(38(45)46-4)29-18-17-24(3)20-32(29)48-37)47-28-16-10-15-27(22-28)39-35(43)30(21-25-12-9-11-23(2)19-25)40-34(42)26-13-7-6-8-14-26/h6-16,19,21-22,24,31H,5,17-18,20H2,1-4H3,(H,39,43)(H,40,42)(H,41,44)/b30-21+. The highest BCUT2D eigenvalue weighted by Crippen LogP contribution is 2.40. The van der Waals surface area contributed by atoms with E-state index >= 15 is 0 Å². The number of esters is 1. The molecule has 5 rings (SSSR count). The van der Waals surface area contributed by atoms with Gasteiger partial charge in [-0.25, -0.2) is 4.79 Å². The third-order valence-electron chi connectivity index (χ3n) is 8.05. The first-order chi connectivity index (χ1) is 23.1. The molecule has 2 atom stereocenters. The minimum absolute atomic E-state index is 0.0905. The van der Waals surface area contributed by atoms with Gasteiger partial charge in [-0.2, -0.15) is 0 Å². The normalized spacial score (nSPS) is 14.8. The van der Waals surface area contributed by atoms with E-state index in [1.807, 2.05) is 50.2 Å². The lowest BCUT2D eigenvalue weighted by atomic mass is 9.88. The number of carbonyl (C=O) groups excluding carboxylic acids is 4. The molecule has 248 valence electrons. The zero-order valence-electron chi connectivity index (χ0n) is 27.4. The predicted molar refractivity (Wildman–Crippen MR) is 194 cm³/mol. The summed E-state index contributed by atoms with van der Waals surface area (Å²) in [7, 11) is 1.36. The van der Waals surface area contributed by atoms with Crippen LogP contribution in [0.25, 0.3) is 6.08 Å². The van der Waals surface area contributed by atoms with Gasteiger partial charge in [-0.1, -0.05) is 67.9 Å². The lowest BCUT2D eigenvalue weighted by Crippen LogP contribution is -2.30. The Labute approximate surface area is 289 Å². The second-order valence-electron chi connectivity index (χ2n) is 11.8. The van der Waals surface area contributed by atoms with Crippen LogP contribution in [0.1, 0.15) is 69.0 Å². The minimum atomic E-state index is -0.487. The van der Waals surface area contributed by atoms with E-state index in [0.29, 0.717) is 34.2 Å². The first-order valence-corrected chi connectivity index (χ1v) is 17.6. The molecule has 48 heavy (non-hydrogen) atoms. The molecule has 3 aromatic carbocycles. The summed E-state index contributed by atoms with van der Waals surface area (Å²) in [6, 6.07) is 23.6. The Balaban J connectivity index is 1.32. The van der Waals surface area contributed by atoms with Crippen LogP contribution in [0.15, 0.2) is 89.5 Å². The average Bonchev–Trinajstić information content (AvgIpc) is 3.43. The summed E-state index contributed by atoms with van der Waals surface area (Å²) in [5, 5.41) is 8.79. The molecule has 1 aromatic heterocycles. The van der Waals surface area contributed by atoms with Gasteiger partial charge in [-0.15, -0.1) is 23.1 Å². The van der Waals surface area contributed by atoms with Crippen LogP contribution in [0.2, 0.25) is 0 Å². The number of fused-ring (bicyclic) bond motifs is 1. The van der Waals surface area contributed by atoms with Gasteiger partial charge >= 0.3 is 5.97 Å². The number of rotatable bonds is 11. The van der Waals surface area contributed by atoms with Gasteiger partial charge in [0.15, 0.2) is 0 Å².